The molecule has 0 spiro atoms. The molecule has 0 radical (unpaired) electrons. The number of benzene rings is 2. The van der Waals surface area contributed by atoms with E-state index in [2.05, 4.69) is 4.74 Å². The summed E-state index contributed by atoms with van der Waals surface area (Å²) in [7, 11) is 0. The Balaban J connectivity index is 2.35. The van der Waals surface area contributed by atoms with Crippen LogP contribution in [0.1, 0.15) is 21.5 Å². The van der Waals surface area contributed by atoms with Crippen LogP contribution in [0.5, 0.6) is 5.75 Å². The molecule has 0 N–H and O–H groups in total. The molecule has 4 heteroatoms. The van der Waals surface area contributed by atoms with Crippen LogP contribution in [-0.4, -0.2) is 12.4 Å². The van der Waals surface area contributed by atoms with Gasteiger partial charge >= 0.3 is 6.61 Å². The first-order valence-corrected chi connectivity index (χ1v) is 5.73. The van der Waals surface area contributed by atoms with Gasteiger partial charge < -0.3 is 4.74 Å². The number of carbonyl (C=O) groups is 1. The van der Waals surface area contributed by atoms with Gasteiger partial charge in [0.2, 0.25) is 0 Å². The number of ketones is 1. The smallest absolute Gasteiger partial charge is 0.387 e. The van der Waals surface area contributed by atoms with Gasteiger partial charge in [-0.3, -0.25) is 4.79 Å². The van der Waals surface area contributed by atoms with Gasteiger partial charge in [0.1, 0.15) is 5.75 Å². The molecule has 0 amide bonds. The second-order valence-corrected chi connectivity index (χ2v) is 4.07. The summed E-state index contributed by atoms with van der Waals surface area (Å²) in [5, 5.41) is 0. The molecule has 0 aliphatic rings. The minimum absolute atomic E-state index is 0.108. The lowest BCUT2D eigenvalue weighted by atomic mass is 10.0. The Labute approximate surface area is 109 Å². The standard InChI is InChI=1S/C15H12F2O2/c1-10-6-8-11(9-7-10)14(18)12-4-2-3-5-13(12)19-15(16)17/h2-9,15H,1H3. The number of alkyl halides is 2. The molecule has 19 heavy (non-hydrogen) atoms. The number of ether oxygens (including phenoxy) is 1. The van der Waals surface area contributed by atoms with E-state index < -0.39 is 6.61 Å². The number of halogens is 2. The third-order valence-corrected chi connectivity index (χ3v) is 2.66. The minimum atomic E-state index is -2.95. The molecule has 0 unspecified atom stereocenters. The van der Waals surface area contributed by atoms with Crippen molar-refractivity contribution in [2.24, 2.45) is 0 Å². The van der Waals surface area contributed by atoms with E-state index in [1.807, 2.05) is 6.92 Å². The Kier molecular flexibility index (Phi) is 3.90. The van der Waals surface area contributed by atoms with Crippen molar-refractivity contribution in [2.45, 2.75) is 13.5 Å². The van der Waals surface area contributed by atoms with E-state index in [1.165, 1.54) is 12.1 Å². The van der Waals surface area contributed by atoms with Crippen LogP contribution in [0.15, 0.2) is 48.5 Å². The predicted octanol–water partition coefficient (Wildman–Crippen LogP) is 3.83. The van der Waals surface area contributed by atoms with Crippen molar-refractivity contribution in [1.82, 2.24) is 0 Å². The molecule has 2 rings (SSSR count). The highest BCUT2D eigenvalue weighted by molar-refractivity contribution is 6.10. The van der Waals surface area contributed by atoms with E-state index in [1.54, 1.807) is 36.4 Å². The molecule has 98 valence electrons. The quantitative estimate of drug-likeness (QED) is 0.783. The first-order chi connectivity index (χ1) is 9.08. The van der Waals surface area contributed by atoms with Crippen LogP contribution < -0.4 is 4.74 Å². The highest BCUT2D eigenvalue weighted by Gasteiger charge is 2.16. The molecule has 0 bridgehead atoms. The zero-order chi connectivity index (χ0) is 13.8. The summed E-state index contributed by atoms with van der Waals surface area (Å²) >= 11 is 0. The number of rotatable bonds is 4. The Morgan fingerprint density at radius 2 is 1.68 bits per heavy atom. The highest BCUT2D eigenvalue weighted by atomic mass is 19.3. The predicted molar refractivity (Wildman–Crippen MR) is 67.7 cm³/mol. The monoisotopic (exact) mass is 262 g/mol. The SMILES string of the molecule is Cc1ccc(C(=O)c2ccccc2OC(F)F)cc1. The third-order valence-electron chi connectivity index (χ3n) is 2.66. The fraction of sp³-hybridized carbons (Fsp3) is 0.133. The molecule has 0 saturated heterocycles. The summed E-state index contributed by atoms with van der Waals surface area (Å²) in [6.45, 7) is -1.05. The number of para-hydroxylation sites is 1. The average Bonchev–Trinajstić information content (AvgIpc) is 2.39. The van der Waals surface area contributed by atoms with Gasteiger partial charge in [-0.05, 0) is 19.1 Å². The molecule has 0 aromatic heterocycles. The van der Waals surface area contributed by atoms with Crippen LogP contribution in [0.2, 0.25) is 0 Å². The van der Waals surface area contributed by atoms with E-state index in [9.17, 15) is 13.6 Å². The fourth-order valence-corrected chi connectivity index (χ4v) is 1.71. The van der Waals surface area contributed by atoms with Gasteiger partial charge in [0, 0.05) is 5.56 Å². The summed E-state index contributed by atoms with van der Waals surface area (Å²) < 4.78 is 28.9. The number of carbonyl (C=O) groups excluding carboxylic acids is 1. The lowest BCUT2D eigenvalue weighted by Crippen LogP contribution is -2.08. The Bertz CT molecular complexity index is 577. The Morgan fingerprint density at radius 3 is 2.32 bits per heavy atom. The zero-order valence-electron chi connectivity index (χ0n) is 10.3. The minimum Gasteiger partial charge on any atom is -0.434 e. The van der Waals surface area contributed by atoms with E-state index in [0.717, 1.165) is 5.56 Å². The molecule has 2 aromatic rings. The van der Waals surface area contributed by atoms with E-state index in [0.29, 0.717) is 5.56 Å². The van der Waals surface area contributed by atoms with Gasteiger partial charge in [0.25, 0.3) is 0 Å². The molecular weight excluding hydrogens is 250 g/mol. The zero-order valence-corrected chi connectivity index (χ0v) is 10.3. The molecule has 0 aliphatic heterocycles. The van der Waals surface area contributed by atoms with Gasteiger partial charge in [-0.15, -0.1) is 0 Å². The Hall–Kier alpha value is -2.23. The lowest BCUT2D eigenvalue weighted by Gasteiger charge is -2.09. The van der Waals surface area contributed by atoms with Gasteiger partial charge in [-0.25, -0.2) is 0 Å². The second kappa shape index (κ2) is 5.61. The molecular formula is C15H12F2O2. The fourth-order valence-electron chi connectivity index (χ4n) is 1.71. The van der Waals surface area contributed by atoms with E-state index in [-0.39, 0.29) is 17.1 Å². The van der Waals surface area contributed by atoms with Crippen molar-refractivity contribution >= 4 is 5.78 Å². The second-order valence-electron chi connectivity index (χ2n) is 4.07. The van der Waals surface area contributed by atoms with Crippen LogP contribution in [0, 0.1) is 6.92 Å². The summed E-state index contributed by atoms with van der Waals surface area (Å²) in [6.07, 6.45) is 0. The third kappa shape index (κ3) is 3.16. The first-order valence-electron chi connectivity index (χ1n) is 5.73. The number of aryl methyl sites for hydroxylation is 1. The van der Waals surface area contributed by atoms with Crippen LogP contribution in [-0.2, 0) is 0 Å². The van der Waals surface area contributed by atoms with Crippen LogP contribution in [0.3, 0.4) is 0 Å². The van der Waals surface area contributed by atoms with Gasteiger partial charge in [-0.1, -0.05) is 42.0 Å². The Morgan fingerprint density at radius 1 is 1.05 bits per heavy atom. The summed E-state index contributed by atoms with van der Waals surface area (Å²) in [5.74, 6) is -0.445. The van der Waals surface area contributed by atoms with E-state index in [4.69, 9.17) is 0 Å². The van der Waals surface area contributed by atoms with Gasteiger partial charge in [-0.2, -0.15) is 8.78 Å². The van der Waals surface area contributed by atoms with Crippen molar-refractivity contribution in [3.05, 3.63) is 65.2 Å². The maximum atomic E-state index is 12.3. The molecule has 0 saturated carbocycles. The molecule has 0 heterocycles. The van der Waals surface area contributed by atoms with Crippen molar-refractivity contribution in [3.8, 4) is 5.75 Å². The molecule has 0 aliphatic carbocycles. The normalized spacial score (nSPS) is 10.5. The van der Waals surface area contributed by atoms with Gasteiger partial charge in [0.15, 0.2) is 5.78 Å². The maximum Gasteiger partial charge on any atom is 0.387 e. The molecule has 2 aromatic carbocycles. The molecule has 2 nitrogen and oxygen atoms in total. The van der Waals surface area contributed by atoms with Crippen molar-refractivity contribution < 1.29 is 18.3 Å². The number of hydrogen-bond donors (Lipinski definition) is 0. The average molecular weight is 262 g/mol. The largest absolute Gasteiger partial charge is 0.434 e. The topological polar surface area (TPSA) is 26.3 Å². The highest BCUT2D eigenvalue weighted by Crippen LogP contribution is 2.23. The summed E-state index contributed by atoms with van der Waals surface area (Å²) in [5.41, 5.74) is 1.59. The summed E-state index contributed by atoms with van der Waals surface area (Å²) in [6, 6.07) is 12.9. The van der Waals surface area contributed by atoms with Gasteiger partial charge in [0.05, 0.1) is 5.56 Å². The van der Waals surface area contributed by atoms with Crippen LogP contribution in [0.25, 0.3) is 0 Å². The van der Waals surface area contributed by atoms with Crippen molar-refractivity contribution in [2.75, 3.05) is 0 Å². The molecule has 0 fully saturated rings. The van der Waals surface area contributed by atoms with Crippen molar-refractivity contribution in [3.63, 3.8) is 0 Å². The van der Waals surface area contributed by atoms with Crippen LogP contribution >= 0.6 is 0 Å². The summed E-state index contributed by atoms with van der Waals surface area (Å²) in [4.78, 5) is 12.2. The maximum absolute atomic E-state index is 12.3. The molecule has 0 atom stereocenters. The lowest BCUT2D eigenvalue weighted by molar-refractivity contribution is -0.0501. The van der Waals surface area contributed by atoms with E-state index >= 15 is 0 Å². The van der Waals surface area contributed by atoms with Crippen LogP contribution in [0.4, 0.5) is 8.78 Å². The first kappa shape index (κ1) is 13.2. The number of hydrogen-bond acceptors (Lipinski definition) is 2. The van der Waals surface area contributed by atoms with Crippen molar-refractivity contribution in [1.29, 1.82) is 0 Å².